The van der Waals surface area contributed by atoms with Crippen molar-refractivity contribution in [2.75, 3.05) is 27.2 Å². The number of para-hydroxylation sites is 1. The molecule has 0 fully saturated rings. The van der Waals surface area contributed by atoms with E-state index in [-0.39, 0.29) is 30.9 Å². The topological polar surface area (TPSA) is 74.3 Å². The van der Waals surface area contributed by atoms with Crippen LogP contribution in [-0.2, 0) is 9.59 Å². The Morgan fingerprint density at radius 3 is 2.73 bits per heavy atom. The summed E-state index contributed by atoms with van der Waals surface area (Å²) in [6, 6.07) is 7.82. The molecule has 7 heteroatoms. The SMILES string of the molecule is CNC(=O)CNCC(=O)N(C)[C@H](C)c1nc2ccccc2s1. The van der Waals surface area contributed by atoms with Crippen molar-refractivity contribution < 1.29 is 9.59 Å². The van der Waals surface area contributed by atoms with E-state index in [1.807, 2.05) is 31.2 Å². The van der Waals surface area contributed by atoms with Crippen LogP contribution < -0.4 is 10.6 Å². The van der Waals surface area contributed by atoms with Gasteiger partial charge in [0, 0.05) is 14.1 Å². The first kappa shape index (κ1) is 16.4. The molecular weight excluding hydrogens is 300 g/mol. The molecule has 1 heterocycles. The van der Waals surface area contributed by atoms with Crippen LogP contribution in [0.15, 0.2) is 24.3 Å². The number of likely N-dealkylation sites (N-methyl/N-ethyl adjacent to an activating group) is 2. The Labute approximate surface area is 133 Å². The Kier molecular flexibility index (Phi) is 5.46. The third-order valence-corrected chi connectivity index (χ3v) is 4.69. The largest absolute Gasteiger partial charge is 0.358 e. The molecule has 118 valence electrons. The minimum absolute atomic E-state index is 0.0735. The second-order valence-corrected chi connectivity index (χ2v) is 6.04. The highest BCUT2D eigenvalue weighted by Gasteiger charge is 2.20. The van der Waals surface area contributed by atoms with Gasteiger partial charge in [0.15, 0.2) is 0 Å². The van der Waals surface area contributed by atoms with Gasteiger partial charge in [0.05, 0.1) is 29.3 Å². The molecule has 0 aliphatic carbocycles. The summed E-state index contributed by atoms with van der Waals surface area (Å²) < 4.78 is 1.11. The van der Waals surface area contributed by atoms with Crippen LogP contribution in [0.3, 0.4) is 0 Å². The molecule has 0 unspecified atom stereocenters. The number of nitrogens with zero attached hydrogens (tertiary/aromatic N) is 2. The number of thiazole rings is 1. The summed E-state index contributed by atoms with van der Waals surface area (Å²) in [4.78, 5) is 29.5. The lowest BCUT2D eigenvalue weighted by Crippen LogP contribution is -2.40. The number of amides is 2. The second-order valence-electron chi connectivity index (χ2n) is 4.98. The van der Waals surface area contributed by atoms with Gasteiger partial charge in [0.1, 0.15) is 5.01 Å². The van der Waals surface area contributed by atoms with Gasteiger partial charge in [-0.05, 0) is 19.1 Å². The molecule has 2 rings (SSSR count). The standard InChI is InChI=1S/C15H20N4O2S/c1-10(15-18-11-6-4-5-7-12(11)22-15)19(3)14(21)9-17-8-13(20)16-2/h4-7,10,17H,8-9H2,1-3H3,(H,16,20)/t10-/m1/s1. The normalized spacial score (nSPS) is 12.1. The lowest BCUT2D eigenvalue weighted by atomic mass is 10.3. The fraction of sp³-hybridized carbons (Fsp3) is 0.400. The number of hydrogen-bond acceptors (Lipinski definition) is 5. The molecule has 2 aromatic rings. The van der Waals surface area contributed by atoms with E-state index in [0.29, 0.717) is 0 Å². The van der Waals surface area contributed by atoms with Crippen molar-refractivity contribution in [3.63, 3.8) is 0 Å². The maximum Gasteiger partial charge on any atom is 0.236 e. The number of hydrogen-bond donors (Lipinski definition) is 2. The van der Waals surface area contributed by atoms with E-state index in [1.165, 1.54) is 0 Å². The van der Waals surface area contributed by atoms with Gasteiger partial charge in [-0.1, -0.05) is 12.1 Å². The quantitative estimate of drug-likeness (QED) is 0.837. The van der Waals surface area contributed by atoms with Crippen molar-refractivity contribution >= 4 is 33.4 Å². The summed E-state index contributed by atoms with van der Waals surface area (Å²) in [5.41, 5.74) is 0.952. The van der Waals surface area contributed by atoms with Gasteiger partial charge in [-0.2, -0.15) is 0 Å². The van der Waals surface area contributed by atoms with E-state index < -0.39 is 0 Å². The van der Waals surface area contributed by atoms with Gasteiger partial charge in [-0.3, -0.25) is 14.9 Å². The molecule has 2 amide bonds. The number of carbonyl (C=O) groups excluding carboxylic acids is 2. The van der Waals surface area contributed by atoms with E-state index in [1.54, 1.807) is 30.3 Å². The average Bonchev–Trinajstić information content (AvgIpc) is 2.97. The van der Waals surface area contributed by atoms with E-state index >= 15 is 0 Å². The lowest BCUT2D eigenvalue weighted by molar-refractivity contribution is -0.130. The first-order chi connectivity index (χ1) is 10.5. The third-order valence-electron chi connectivity index (χ3n) is 3.48. The molecule has 2 N–H and O–H groups in total. The molecular formula is C15H20N4O2S. The molecule has 6 nitrogen and oxygen atoms in total. The van der Waals surface area contributed by atoms with Crippen LogP contribution in [0.5, 0.6) is 0 Å². The summed E-state index contributed by atoms with van der Waals surface area (Å²) >= 11 is 1.59. The Morgan fingerprint density at radius 2 is 2.05 bits per heavy atom. The number of fused-ring (bicyclic) bond motifs is 1. The van der Waals surface area contributed by atoms with Crippen LogP contribution in [0.2, 0.25) is 0 Å². The Balaban J connectivity index is 1.97. The molecule has 0 saturated heterocycles. The van der Waals surface area contributed by atoms with Crippen molar-refractivity contribution in [1.29, 1.82) is 0 Å². The minimum atomic E-state index is -0.144. The smallest absolute Gasteiger partial charge is 0.236 e. The summed E-state index contributed by atoms with van der Waals surface area (Å²) in [5.74, 6) is -0.217. The van der Waals surface area contributed by atoms with Gasteiger partial charge in [-0.25, -0.2) is 4.98 Å². The van der Waals surface area contributed by atoms with Crippen LogP contribution in [0.4, 0.5) is 0 Å². The highest BCUT2D eigenvalue weighted by molar-refractivity contribution is 7.18. The van der Waals surface area contributed by atoms with Gasteiger partial charge in [-0.15, -0.1) is 11.3 Å². The van der Waals surface area contributed by atoms with Gasteiger partial charge in [0.2, 0.25) is 11.8 Å². The number of nitrogens with one attached hydrogen (secondary N) is 2. The molecule has 1 aromatic heterocycles. The van der Waals surface area contributed by atoms with E-state index in [4.69, 9.17) is 0 Å². The first-order valence-electron chi connectivity index (χ1n) is 7.05. The summed E-state index contributed by atoms with van der Waals surface area (Å²) in [5, 5.41) is 6.23. The van der Waals surface area contributed by atoms with E-state index in [2.05, 4.69) is 15.6 Å². The van der Waals surface area contributed by atoms with Gasteiger partial charge < -0.3 is 10.2 Å². The summed E-state index contributed by atoms with van der Waals surface area (Å²) in [7, 11) is 3.31. The summed E-state index contributed by atoms with van der Waals surface area (Å²) in [6.07, 6.45) is 0. The van der Waals surface area contributed by atoms with Gasteiger partial charge >= 0.3 is 0 Å². The fourth-order valence-corrected chi connectivity index (χ4v) is 3.01. The number of carbonyl (C=O) groups is 2. The molecule has 0 saturated carbocycles. The number of rotatable bonds is 6. The highest BCUT2D eigenvalue weighted by Crippen LogP contribution is 2.28. The highest BCUT2D eigenvalue weighted by atomic mass is 32.1. The molecule has 0 aliphatic rings. The Morgan fingerprint density at radius 1 is 1.32 bits per heavy atom. The Bertz CT molecular complexity index is 637. The predicted molar refractivity (Wildman–Crippen MR) is 87.7 cm³/mol. The van der Waals surface area contributed by atoms with Crippen molar-refractivity contribution in [2.45, 2.75) is 13.0 Å². The predicted octanol–water partition coefficient (Wildman–Crippen LogP) is 1.15. The monoisotopic (exact) mass is 320 g/mol. The van der Waals surface area contributed by atoms with Crippen molar-refractivity contribution in [1.82, 2.24) is 20.5 Å². The molecule has 1 aromatic carbocycles. The molecule has 1 atom stereocenters. The lowest BCUT2D eigenvalue weighted by Gasteiger charge is -2.23. The zero-order valence-electron chi connectivity index (χ0n) is 12.9. The van der Waals surface area contributed by atoms with Crippen LogP contribution >= 0.6 is 11.3 Å². The van der Waals surface area contributed by atoms with Crippen LogP contribution in [-0.4, -0.2) is 48.9 Å². The zero-order valence-corrected chi connectivity index (χ0v) is 13.7. The zero-order chi connectivity index (χ0) is 16.1. The van der Waals surface area contributed by atoms with Crippen LogP contribution in [0.1, 0.15) is 18.0 Å². The van der Waals surface area contributed by atoms with Crippen molar-refractivity contribution in [3.8, 4) is 0 Å². The maximum absolute atomic E-state index is 12.2. The molecule has 0 radical (unpaired) electrons. The number of benzene rings is 1. The maximum atomic E-state index is 12.2. The molecule has 22 heavy (non-hydrogen) atoms. The minimum Gasteiger partial charge on any atom is -0.358 e. The average molecular weight is 320 g/mol. The van der Waals surface area contributed by atoms with Crippen LogP contribution in [0.25, 0.3) is 10.2 Å². The van der Waals surface area contributed by atoms with E-state index in [0.717, 1.165) is 15.2 Å². The molecule has 0 aliphatic heterocycles. The Hall–Kier alpha value is -1.99. The van der Waals surface area contributed by atoms with Crippen molar-refractivity contribution in [3.05, 3.63) is 29.3 Å². The van der Waals surface area contributed by atoms with E-state index in [9.17, 15) is 9.59 Å². The fourth-order valence-electron chi connectivity index (χ4n) is 1.95. The molecule has 0 spiro atoms. The summed E-state index contributed by atoms with van der Waals surface area (Å²) in [6.45, 7) is 2.21. The third kappa shape index (κ3) is 3.80. The van der Waals surface area contributed by atoms with Gasteiger partial charge in [0.25, 0.3) is 0 Å². The molecule has 0 bridgehead atoms. The number of aromatic nitrogens is 1. The van der Waals surface area contributed by atoms with Crippen molar-refractivity contribution in [2.24, 2.45) is 0 Å². The second kappa shape index (κ2) is 7.33. The first-order valence-corrected chi connectivity index (χ1v) is 7.87. The van der Waals surface area contributed by atoms with Crippen LogP contribution in [0, 0.1) is 0 Å².